The molecule has 3 saturated heterocycles. The highest BCUT2D eigenvalue weighted by Crippen LogP contribution is 2.46. The summed E-state index contributed by atoms with van der Waals surface area (Å²) in [4.78, 5) is 50.2. The molecule has 8 rings (SSSR count). The Kier molecular flexibility index (Phi) is 7.41. The molecule has 1 aromatic heterocycles. The molecule has 6 atom stereocenters. The van der Waals surface area contributed by atoms with Gasteiger partial charge >= 0.3 is 0 Å². The molecule has 3 aromatic rings. The van der Waals surface area contributed by atoms with E-state index in [-0.39, 0.29) is 35.2 Å². The highest BCUT2D eigenvalue weighted by atomic mass is 16.7. The Balaban J connectivity index is 0.00000179. The first-order valence-electron chi connectivity index (χ1n) is 15.1. The number of ether oxygens (including phenoxy) is 1. The summed E-state index contributed by atoms with van der Waals surface area (Å²) in [7, 11) is 2.02. The van der Waals surface area contributed by atoms with Gasteiger partial charge in [-0.2, -0.15) is 0 Å². The van der Waals surface area contributed by atoms with Gasteiger partial charge in [0.2, 0.25) is 17.5 Å². The molecule has 2 aromatic carbocycles. The van der Waals surface area contributed by atoms with Crippen LogP contribution in [0, 0.1) is 5.92 Å². The molecule has 45 heavy (non-hydrogen) atoms. The van der Waals surface area contributed by atoms with Crippen molar-refractivity contribution in [3.8, 4) is 0 Å². The number of likely N-dealkylation sites (N-methyl/N-ethyl adjacent to an activating group) is 1. The normalized spacial score (nSPS) is 31.8. The summed E-state index contributed by atoms with van der Waals surface area (Å²) in [6.07, 6.45) is 6.38. The average molecular weight is 618 g/mol. The van der Waals surface area contributed by atoms with Crippen LogP contribution >= 0.6 is 0 Å². The number of nitrogens with one attached hydrogen (secondary N) is 2. The zero-order valence-electron chi connectivity index (χ0n) is 25.2. The van der Waals surface area contributed by atoms with E-state index < -0.39 is 35.5 Å². The van der Waals surface area contributed by atoms with Crippen molar-refractivity contribution >= 4 is 34.2 Å². The van der Waals surface area contributed by atoms with Crippen molar-refractivity contribution in [1.82, 2.24) is 25.0 Å². The molecule has 3 amide bonds. The number of aromatic amines is 1. The summed E-state index contributed by atoms with van der Waals surface area (Å²) < 4.78 is 6.23. The molecule has 7 N–H and O–H groups in total. The van der Waals surface area contributed by atoms with Crippen LogP contribution in [0.25, 0.3) is 16.5 Å². The maximum atomic E-state index is 14.2. The highest BCUT2D eigenvalue weighted by molar-refractivity contribution is 6.00. The van der Waals surface area contributed by atoms with Crippen molar-refractivity contribution < 1.29 is 35.2 Å². The van der Waals surface area contributed by atoms with Crippen LogP contribution in [0.2, 0.25) is 0 Å². The average Bonchev–Trinajstić information content (AvgIpc) is 3.70. The van der Waals surface area contributed by atoms with Gasteiger partial charge in [0.1, 0.15) is 12.1 Å². The van der Waals surface area contributed by atoms with Crippen molar-refractivity contribution in [1.29, 1.82) is 0 Å². The first kappa shape index (κ1) is 30.9. The number of benzene rings is 2. The Labute approximate surface area is 260 Å². The molecule has 5 aliphatic rings. The largest absolute Gasteiger partial charge is 0.412 e. The summed E-state index contributed by atoms with van der Waals surface area (Å²) >= 11 is 0. The lowest BCUT2D eigenvalue weighted by atomic mass is 9.79. The molecule has 0 saturated carbocycles. The minimum absolute atomic E-state index is 0. The van der Waals surface area contributed by atoms with E-state index in [4.69, 9.17) is 4.74 Å². The number of H-pyrrole nitrogens is 1. The zero-order valence-corrected chi connectivity index (χ0v) is 25.2. The van der Waals surface area contributed by atoms with E-state index in [0.717, 1.165) is 28.6 Å². The standard InChI is InChI=1S/C33H35N5O5.2H2O/c1-32(35-29(39)21-15-23-22-10-6-11-24-28(22)20(17-34-24)16-25(23)36(2)18-21)31(41)38-26(14-19-8-4-3-5-9-19)30(40)37-13-7-12-27(37)33(38,42)43-32;;/h3-6,8-11,15,17,21,25-27,34,42H,7,12-14,16,18H2,1-2H3,(H,35,39);2*1H2/t21-,25-,26+,27+,32-,33+;;/m1../s1. The summed E-state index contributed by atoms with van der Waals surface area (Å²) in [6.45, 7) is 2.45. The molecule has 12 heteroatoms. The Bertz CT molecular complexity index is 1710. The maximum Gasteiger partial charge on any atom is 0.280 e. The molecule has 4 aliphatic heterocycles. The molecule has 1 aliphatic carbocycles. The Morgan fingerprint density at radius 1 is 1.13 bits per heavy atom. The first-order chi connectivity index (χ1) is 20.7. The van der Waals surface area contributed by atoms with Crippen molar-refractivity contribution in [3.63, 3.8) is 0 Å². The minimum atomic E-state index is -2.04. The molecule has 3 fully saturated rings. The van der Waals surface area contributed by atoms with Gasteiger partial charge in [-0.1, -0.05) is 48.5 Å². The van der Waals surface area contributed by atoms with Gasteiger partial charge in [0.25, 0.3) is 11.8 Å². The second-order valence-corrected chi connectivity index (χ2v) is 12.8. The monoisotopic (exact) mass is 617 g/mol. The molecule has 238 valence electrons. The van der Waals surface area contributed by atoms with Crippen molar-refractivity contribution in [3.05, 3.63) is 77.5 Å². The fourth-order valence-electron chi connectivity index (χ4n) is 8.12. The minimum Gasteiger partial charge on any atom is -0.412 e. The summed E-state index contributed by atoms with van der Waals surface area (Å²) in [5.41, 5.74) is 3.58. The van der Waals surface area contributed by atoms with Crippen LogP contribution in [-0.2, 0) is 32.0 Å². The van der Waals surface area contributed by atoms with E-state index in [2.05, 4.69) is 33.5 Å². The predicted molar refractivity (Wildman–Crippen MR) is 165 cm³/mol. The highest BCUT2D eigenvalue weighted by Gasteiger charge is 2.70. The second-order valence-electron chi connectivity index (χ2n) is 12.8. The van der Waals surface area contributed by atoms with Gasteiger partial charge in [0, 0.05) is 42.7 Å². The number of piperazine rings is 1. The third kappa shape index (κ3) is 4.43. The quantitative estimate of drug-likeness (QED) is 0.380. The van der Waals surface area contributed by atoms with Crippen molar-refractivity contribution in [2.45, 2.75) is 62.4 Å². The first-order valence-corrected chi connectivity index (χ1v) is 15.1. The van der Waals surface area contributed by atoms with Gasteiger partial charge in [-0.05, 0) is 61.6 Å². The van der Waals surface area contributed by atoms with Gasteiger partial charge < -0.3 is 31.3 Å². The van der Waals surface area contributed by atoms with Crippen LogP contribution in [0.3, 0.4) is 0 Å². The molecular weight excluding hydrogens is 578 g/mol. The number of amides is 3. The number of hydrogen-bond acceptors (Lipinski definition) is 6. The van der Waals surface area contributed by atoms with Crippen LogP contribution in [0.15, 0.2) is 60.8 Å². The molecule has 0 unspecified atom stereocenters. The summed E-state index contributed by atoms with van der Waals surface area (Å²) in [6, 6.07) is 14.1. The molecular formula is C33H39N5O7. The van der Waals surface area contributed by atoms with Crippen molar-refractivity contribution in [2.75, 3.05) is 20.1 Å². The van der Waals surface area contributed by atoms with E-state index in [1.165, 1.54) is 22.8 Å². The van der Waals surface area contributed by atoms with Crippen LogP contribution in [0.1, 0.15) is 36.5 Å². The fraction of sp³-hybridized carbons (Fsp3) is 0.424. The zero-order chi connectivity index (χ0) is 29.7. The van der Waals surface area contributed by atoms with Crippen molar-refractivity contribution in [2.24, 2.45) is 5.92 Å². The number of aromatic nitrogens is 1. The van der Waals surface area contributed by atoms with Crippen LogP contribution < -0.4 is 5.32 Å². The lowest BCUT2D eigenvalue weighted by Crippen LogP contribution is -2.71. The number of aliphatic hydroxyl groups is 1. The topological polar surface area (TPSA) is 181 Å². The van der Waals surface area contributed by atoms with E-state index in [9.17, 15) is 19.5 Å². The predicted octanol–water partition coefficient (Wildman–Crippen LogP) is 0.341. The maximum absolute atomic E-state index is 14.2. The third-order valence-corrected chi connectivity index (χ3v) is 10.1. The van der Waals surface area contributed by atoms with E-state index in [1.807, 2.05) is 49.5 Å². The lowest BCUT2D eigenvalue weighted by Gasteiger charge is -2.48. The molecule has 0 spiro atoms. The van der Waals surface area contributed by atoms with Gasteiger partial charge in [0.05, 0.1) is 5.92 Å². The molecule has 0 radical (unpaired) electrons. The van der Waals surface area contributed by atoms with Gasteiger partial charge in [-0.3, -0.25) is 28.9 Å². The van der Waals surface area contributed by atoms with Gasteiger partial charge in [-0.15, -0.1) is 0 Å². The fourth-order valence-corrected chi connectivity index (χ4v) is 8.12. The molecule has 5 heterocycles. The molecule has 12 nitrogen and oxygen atoms in total. The van der Waals surface area contributed by atoms with Gasteiger partial charge in [0.15, 0.2) is 0 Å². The van der Waals surface area contributed by atoms with E-state index in [1.54, 1.807) is 4.90 Å². The lowest BCUT2D eigenvalue weighted by molar-refractivity contribution is -0.315. The van der Waals surface area contributed by atoms with E-state index in [0.29, 0.717) is 25.9 Å². The van der Waals surface area contributed by atoms with Crippen LogP contribution in [0.5, 0.6) is 0 Å². The molecule has 0 bridgehead atoms. The number of carbonyl (C=O) groups excluding carboxylic acids is 3. The SMILES string of the molecule is CN1C[C@H](C(=O)N[C@]2(C)O[C@@]3(O)[C@@H]4CCCN4C(=O)[C@H](Cc4ccccc4)N3C2=O)C=C2c3cccc4[nH]cc(c34)C[C@H]21.O.O. The number of carbonyl (C=O) groups is 3. The summed E-state index contributed by atoms with van der Waals surface area (Å²) in [5, 5.41) is 16.1. The smallest absolute Gasteiger partial charge is 0.280 e. The van der Waals surface area contributed by atoms with Crippen LogP contribution in [0.4, 0.5) is 0 Å². The van der Waals surface area contributed by atoms with Gasteiger partial charge in [-0.25, -0.2) is 0 Å². The summed E-state index contributed by atoms with van der Waals surface area (Å²) in [5.74, 6) is -3.77. The second kappa shape index (κ2) is 10.8. The number of nitrogens with zero attached hydrogens (tertiary/aromatic N) is 3. The number of fused-ring (bicyclic) bond motifs is 5. The number of hydrogen-bond donors (Lipinski definition) is 3. The Hall–Kier alpha value is -4.07. The van der Waals surface area contributed by atoms with E-state index >= 15 is 0 Å². The van der Waals surface area contributed by atoms with Crippen LogP contribution in [-0.4, -0.2) is 103 Å². The third-order valence-electron chi connectivity index (χ3n) is 10.1. The number of rotatable bonds is 4. The Morgan fingerprint density at radius 2 is 1.91 bits per heavy atom. The Morgan fingerprint density at radius 3 is 2.69 bits per heavy atom.